The normalized spacial score (nSPS) is 11.2. The number of esters is 2. The minimum atomic E-state index is -0.814. The number of amides is 1. The lowest BCUT2D eigenvalue weighted by atomic mass is 10.2. The van der Waals surface area contributed by atoms with Crippen LogP contribution in [0.2, 0.25) is 0 Å². The van der Waals surface area contributed by atoms with Crippen molar-refractivity contribution in [2.75, 3.05) is 19.8 Å². The van der Waals surface area contributed by atoms with Crippen LogP contribution in [0.15, 0.2) is 33.3 Å². The van der Waals surface area contributed by atoms with Crippen LogP contribution >= 0.6 is 31.9 Å². The number of halogens is 3. The first-order valence-corrected chi connectivity index (χ1v) is 12.6. The van der Waals surface area contributed by atoms with Gasteiger partial charge in [-0.15, -0.1) is 0 Å². The first-order chi connectivity index (χ1) is 16.4. The number of nitrogens with zero attached hydrogens (tertiary/aromatic N) is 2. The van der Waals surface area contributed by atoms with Crippen LogP contribution in [0.3, 0.4) is 0 Å². The summed E-state index contributed by atoms with van der Waals surface area (Å²) in [5.41, 5.74) is 0.519. The summed E-state index contributed by atoms with van der Waals surface area (Å²) in [5.74, 6) is -1.60. The molecule has 0 unspecified atom stereocenters. The molecule has 11 heteroatoms. The van der Waals surface area contributed by atoms with E-state index in [9.17, 15) is 18.8 Å². The van der Waals surface area contributed by atoms with Crippen LogP contribution in [-0.4, -0.2) is 52.9 Å². The Kier molecular flexibility index (Phi) is 10.3. The lowest BCUT2D eigenvalue weighted by Crippen LogP contribution is -2.40. The molecule has 35 heavy (non-hydrogen) atoms. The molecule has 0 saturated carbocycles. The largest absolute Gasteiger partial charge is 0.465 e. The van der Waals surface area contributed by atoms with Crippen molar-refractivity contribution >= 4 is 49.9 Å². The summed E-state index contributed by atoms with van der Waals surface area (Å²) in [5, 5.41) is 0. The van der Waals surface area contributed by atoms with Crippen LogP contribution in [0.4, 0.5) is 9.18 Å². The highest BCUT2D eigenvalue weighted by Crippen LogP contribution is 2.35. The number of carbonyl (C=O) groups excluding carboxylic acids is 3. The van der Waals surface area contributed by atoms with Gasteiger partial charge in [0.15, 0.2) is 0 Å². The molecule has 0 radical (unpaired) electrons. The van der Waals surface area contributed by atoms with Gasteiger partial charge in [-0.25, -0.2) is 14.0 Å². The quantitative estimate of drug-likeness (QED) is 0.265. The fourth-order valence-corrected chi connectivity index (χ4v) is 4.31. The first kappa shape index (κ1) is 28.8. The van der Waals surface area contributed by atoms with Crippen molar-refractivity contribution < 1.29 is 33.0 Å². The van der Waals surface area contributed by atoms with Gasteiger partial charge in [0.05, 0.1) is 35.5 Å². The SMILES string of the molecule is CCOC(=O)CN(Cc1c(C(=O)OCC)c(Br)c(Br)n1Cc1ccc(F)cc1)C(=O)OC(C)(C)C. The van der Waals surface area contributed by atoms with E-state index in [0.29, 0.717) is 14.8 Å². The molecule has 0 fully saturated rings. The number of benzene rings is 1. The van der Waals surface area contributed by atoms with Crippen LogP contribution in [-0.2, 0) is 32.1 Å². The van der Waals surface area contributed by atoms with Gasteiger partial charge in [-0.3, -0.25) is 9.69 Å². The molecule has 1 amide bonds. The standard InChI is InChI=1S/C24H29Br2FN2O6/c1-6-33-18(30)14-28(23(32)35-24(3,4)5)13-17-19(22(31)34-7-2)20(25)21(26)29(17)12-15-8-10-16(27)11-9-15/h8-11H,6-7,12-14H2,1-5H3. The summed E-state index contributed by atoms with van der Waals surface area (Å²) >= 11 is 6.95. The van der Waals surface area contributed by atoms with Crippen molar-refractivity contribution in [3.8, 4) is 0 Å². The number of ether oxygens (including phenoxy) is 3. The van der Waals surface area contributed by atoms with E-state index in [1.54, 1.807) is 51.3 Å². The molecule has 1 aromatic heterocycles. The molecule has 0 N–H and O–H groups in total. The molecule has 0 bridgehead atoms. The zero-order valence-electron chi connectivity index (χ0n) is 20.3. The molecule has 0 spiro atoms. The molecule has 0 aliphatic heterocycles. The second-order valence-corrected chi connectivity index (χ2v) is 10.0. The van der Waals surface area contributed by atoms with Crippen molar-refractivity contribution in [1.29, 1.82) is 0 Å². The average Bonchev–Trinajstić information content (AvgIpc) is 2.98. The Labute approximate surface area is 221 Å². The smallest absolute Gasteiger partial charge is 0.411 e. The van der Waals surface area contributed by atoms with E-state index < -0.39 is 23.6 Å². The number of aromatic nitrogens is 1. The summed E-state index contributed by atoms with van der Waals surface area (Å²) in [6, 6.07) is 5.91. The first-order valence-electron chi connectivity index (χ1n) is 11.0. The third-order valence-corrected chi connectivity index (χ3v) is 6.73. The summed E-state index contributed by atoms with van der Waals surface area (Å²) in [4.78, 5) is 39.4. The Morgan fingerprint density at radius 1 is 1.03 bits per heavy atom. The van der Waals surface area contributed by atoms with E-state index in [0.717, 1.165) is 5.56 Å². The monoisotopic (exact) mass is 618 g/mol. The van der Waals surface area contributed by atoms with Crippen LogP contribution < -0.4 is 0 Å². The lowest BCUT2D eigenvalue weighted by Gasteiger charge is -2.27. The van der Waals surface area contributed by atoms with E-state index in [1.165, 1.54) is 17.0 Å². The van der Waals surface area contributed by atoms with Gasteiger partial charge in [-0.1, -0.05) is 12.1 Å². The van der Waals surface area contributed by atoms with E-state index in [2.05, 4.69) is 31.9 Å². The zero-order chi connectivity index (χ0) is 26.3. The Hall–Kier alpha value is -2.40. The highest BCUT2D eigenvalue weighted by atomic mass is 79.9. The molecular formula is C24H29Br2FN2O6. The molecule has 2 rings (SSSR count). The Morgan fingerprint density at radius 3 is 2.17 bits per heavy atom. The van der Waals surface area contributed by atoms with Crippen molar-refractivity contribution in [1.82, 2.24) is 9.47 Å². The molecule has 0 atom stereocenters. The molecule has 8 nitrogen and oxygen atoms in total. The zero-order valence-corrected chi connectivity index (χ0v) is 23.5. The molecule has 0 aliphatic carbocycles. The van der Waals surface area contributed by atoms with Gasteiger partial charge in [0, 0.05) is 6.54 Å². The maximum atomic E-state index is 13.4. The van der Waals surface area contributed by atoms with Gasteiger partial charge < -0.3 is 18.8 Å². The molecular weight excluding hydrogens is 591 g/mol. The molecule has 1 heterocycles. The van der Waals surface area contributed by atoms with Gasteiger partial charge in [0.25, 0.3) is 0 Å². The molecule has 192 valence electrons. The maximum absolute atomic E-state index is 13.4. The number of hydrogen-bond acceptors (Lipinski definition) is 6. The second-order valence-electron chi connectivity index (χ2n) is 8.50. The Morgan fingerprint density at radius 2 is 1.63 bits per heavy atom. The van der Waals surface area contributed by atoms with E-state index in [-0.39, 0.29) is 44.2 Å². The van der Waals surface area contributed by atoms with Crippen LogP contribution in [0.5, 0.6) is 0 Å². The predicted molar refractivity (Wildman–Crippen MR) is 135 cm³/mol. The number of hydrogen-bond donors (Lipinski definition) is 0. The lowest BCUT2D eigenvalue weighted by molar-refractivity contribution is -0.144. The molecule has 0 saturated heterocycles. The van der Waals surface area contributed by atoms with Gasteiger partial charge >= 0.3 is 18.0 Å². The third-order valence-electron chi connectivity index (χ3n) is 4.60. The van der Waals surface area contributed by atoms with E-state index in [1.807, 2.05) is 0 Å². The van der Waals surface area contributed by atoms with Gasteiger partial charge in [0.2, 0.25) is 0 Å². The summed E-state index contributed by atoms with van der Waals surface area (Å²) in [6.07, 6.45) is -0.748. The fourth-order valence-electron chi connectivity index (χ4n) is 3.17. The summed E-state index contributed by atoms with van der Waals surface area (Å²) < 4.78 is 31.9. The van der Waals surface area contributed by atoms with Crippen LogP contribution in [0, 0.1) is 5.82 Å². The predicted octanol–water partition coefficient (Wildman–Crippen LogP) is 5.68. The van der Waals surface area contributed by atoms with Crippen molar-refractivity contribution in [3.05, 3.63) is 56.0 Å². The minimum absolute atomic E-state index is 0.143. The number of carbonyl (C=O) groups is 3. The molecule has 2 aromatic rings. The highest BCUT2D eigenvalue weighted by molar-refractivity contribution is 9.13. The molecule has 1 aromatic carbocycles. The fraction of sp³-hybridized carbons (Fsp3) is 0.458. The summed E-state index contributed by atoms with van der Waals surface area (Å²) in [7, 11) is 0. The Bertz CT molecular complexity index is 1060. The van der Waals surface area contributed by atoms with Crippen LogP contribution in [0.1, 0.15) is 56.2 Å². The number of rotatable bonds is 9. The van der Waals surface area contributed by atoms with Crippen molar-refractivity contribution in [3.63, 3.8) is 0 Å². The highest BCUT2D eigenvalue weighted by Gasteiger charge is 2.31. The topological polar surface area (TPSA) is 87.1 Å². The second kappa shape index (κ2) is 12.5. The molecule has 0 aliphatic rings. The average molecular weight is 620 g/mol. The minimum Gasteiger partial charge on any atom is -0.465 e. The van der Waals surface area contributed by atoms with E-state index in [4.69, 9.17) is 14.2 Å². The Balaban J connectivity index is 2.58. The van der Waals surface area contributed by atoms with Crippen LogP contribution in [0.25, 0.3) is 0 Å². The summed E-state index contributed by atoms with van der Waals surface area (Å²) in [6.45, 7) is 8.47. The van der Waals surface area contributed by atoms with Gasteiger partial charge in [0.1, 0.15) is 22.6 Å². The van der Waals surface area contributed by atoms with Crippen molar-refractivity contribution in [2.24, 2.45) is 0 Å². The third kappa shape index (κ3) is 8.06. The maximum Gasteiger partial charge on any atom is 0.411 e. The van der Waals surface area contributed by atoms with Crippen molar-refractivity contribution in [2.45, 2.75) is 53.3 Å². The van der Waals surface area contributed by atoms with E-state index >= 15 is 0 Å². The van der Waals surface area contributed by atoms with Gasteiger partial charge in [-0.05, 0) is 84.2 Å². The van der Waals surface area contributed by atoms with Gasteiger partial charge in [-0.2, -0.15) is 0 Å².